The lowest BCUT2D eigenvalue weighted by molar-refractivity contribution is 0.0690. The molecule has 1 atom stereocenters. The third kappa shape index (κ3) is 3.19. The van der Waals surface area contributed by atoms with Gasteiger partial charge in [-0.1, -0.05) is 16.8 Å². The average Bonchev–Trinajstić information content (AvgIpc) is 3.11. The molecular weight excluding hydrogens is 292 g/mol. The van der Waals surface area contributed by atoms with Gasteiger partial charge in [0, 0.05) is 11.6 Å². The molecule has 0 aliphatic carbocycles. The summed E-state index contributed by atoms with van der Waals surface area (Å²) < 4.78 is 16.8. The zero-order valence-electron chi connectivity index (χ0n) is 12.0. The molecule has 1 aliphatic rings. The Hall–Kier alpha value is -1.59. The van der Waals surface area contributed by atoms with Crippen LogP contribution in [0.1, 0.15) is 44.5 Å². The summed E-state index contributed by atoms with van der Waals surface area (Å²) in [6.45, 7) is 4.52. The van der Waals surface area contributed by atoms with E-state index in [4.69, 9.17) is 25.6 Å². The van der Waals surface area contributed by atoms with E-state index in [9.17, 15) is 0 Å². The van der Waals surface area contributed by atoms with Crippen LogP contribution in [0.4, 0.5) is 0 Å². The maximum absolute atomic E-state index is 5.92. The molecular formula is C15H17ClN2O3. The van der Waals surface area contributed by atoms with Crippen LogP contribution >= 0.6 is 11.6 Å². The van der Waals surface area contributed by atoms with Crippen molar-refractivity contribution in [2.45, 2.75) is 38.4 Å². The largest absolute Gasteiger partial charge is 0.478 e. The minimum atomic E-state index is -0.725. The van der Waals surface area contributed by atoms with Crippen molar-refractivity contribution in [2.75, 3.05) is 6.61 Å². The van der Waals surface area contributed by atoms with E-state index in [2.05, 4.69) is 10.1 Å². The number of ether oxygens (including phenoxy) is 2. The minimum absolute atomic E-state index is 0.0613. The summed E-state index contributed by atoms with van der Waals surface area (Å²) >= 11 is 5.87. The van der Waals surface area contributed by atoms with E-state index >= 15 is 0 Å². The number of hydrogen-bond donors (Lipinski definition) is 0. The van der Waals surface area contributed by atoms with Crippen molar-refractivity contribution in [1.29, 1.82) is 0 Å². The highest BCUT2D eigenvalue weighted by Gasteiger charge is 2.32. The molecule has 0 bridgehead atoms. The van der Waals surface area contributed by atoms with Crippen LogP contribution in [-0.2, 0) is 10.3 Å². The Morgan fingerprint density at radius 3 is 2.71 bits per heavy atom. The first-order chi connectivity index (χ1) is 10.0. The maximum Gasteiger partial charge on any atom is 0.270 e. The SMILES string of the molecule is CC(C)(Oc1ccc(Cl)cc1)c1nc([C@H]2CCCO2)no1. The zero-order chi connectivity index (χ0) is 14.9. The van der Waals surface area contributed by atoms with E-state index in [1.807, 2.05) is 13.8 Å². The first-order valence-electron chi connectivity index (χ1n) is 6.95. The summed E-state index contributed by atoms with van der Waals surface area (Å²) in [5, 5.41) is 4.67. The second-order valence-electron chi connectivity index (χ2n) is 5.53. The Kier molecular flexibility index (Phi) is 3.87. The van der Waals surface area contributed by atoms with Gasteiger partial charge in [0.15, 0.2) is 5.60 Å². The Labute approximate surface area is 128 Å². The first-order valence-corrected chi connectivity index (χ1v) is 7.33. The van der Waals surface area contributed by atoms with Crippen LogP contribution in [0.25, 0.3) is 0 Å². The fourth-order valence-electron chi connectivity index (χ4n) is 2.23. The highest BCUT2D eigenvalue weighted by molar-refractivity contribution is 6.30. The van der Waals surface area contributed by atoms with E-state index in [1.54, 1.807) is 24.3 Å². The van der Waals surface area contributed by atoms with Crippen LogP contribution in [-0.4, -0.2) is 16.7 Å². The number of halogens is 1. The predicted molar refractivity (Wildman–Crippen MR) is 77.3 cm³/mol. The van der Waals surface area contributed by atoms with Gasteiger partial charge in [-0.05, 0) is 51.0 Å². The Bertz CT molecular complexity index is 604. The van der Waals surface area contributed by atoms with E-state index in [-0.39, 0.29) is 6.10 Å². The fraction of sp³-hybridized carbons (Fsp3) is 0.467. The molecule has 0 radical (unpaired) electrons. The molecule has 21 heavy (non-hydrogen) atoms. The van der Waals surface area contributed by atoms with Gasteiger partial charge >= 0.3 is 0 Å². The smallest absolute Gasteiger partial charge is 0.270 e. The lowest BCUT2D eigenvalue weighted by Crippen LogP contribution is -2.25. The van der Waals surface area contributed by atoms with Crippen molar-refractivity contribution in [3.8, 4) is 5.75 Å². The molecule has 2 heterocycles. The molecule has 0 unspecified atom stereocenters. The molecule has 1 aliphatic heterocycles. The van der Waals surface area contributed by atoms with Crippen LogP contribution in [0.3, 0.4) is 0 Å². The number of benzene rings is 1. The lowest BCUT2D eigenvalue weighted by Gasteiger charge is -2.22. The molecule has 112 valence electrons. The Morgan fingerprint density at radius 1 is 1.29 bits per heavy atom. The van der Waals surface area contributed by atoms with Crippen LogP contribution in [0.5, 0.6) is 5.75 Å². The zero-order valence-corrected chi connectivity index (χ0v) is 12.8. The van der Waals surface area contributed by atoms with E-state index in [0.717, 1.165) is 19.4 Å². The lowest BCUT2D eigenvalue weighted by atomic mass is 10.1. The average molecular weight is 309 g/mol. The number of hydrogen-bond acceptors (Lipinski definition) is 5. The number of aromatic nitrogens is 2. The van der Waals surface area contributed by atoms with Gasteiger partial charge in [-0.3, -0.25) is 0 Å². The van der Waals surface area contributed by atoms with Gasteiger partial charge in [-0.25, -0.2) is 0 Å². The first kappa shape index (κ1) is 14.4. The van der Waals surface area contributed by atoms with Crippen LogP contribution in [0, 0.1) is 0 Å². The highest BCUT2D eigenvalue weighted by atomic mass is 35.5. The summed E-state index contributed by atoms with van der Waals surface area (Å²) in [5.41, 5.74) is -0.725. The predicted octanol–water partition coefficient (Wildman–Crippen LogP) is 3.89. The van der Waals surface area contributed by atoms with E-state index < -0.39 is 5.60 Å². The second-order valence-corrected chi connectivity index (χ2v) is 5.96. The van der Waals surface area contributed by atoms with Crippen molar-refractivity contribution in [2.24, 2.45) is 0 Å². The maximum atomic E-state index is 5.92. The van der Waals surface area contributed by atoms with Crippen LogP contribution < -0.4 is 4.74 Å². The Morgan fingerprint density at radius 2 is 2.05 bits per heavy atom. The van der Waals surface area contributed by atoms with Gasteiger partial charge in [0.1, 0.15) is 11.9 Å². The molecule has 0 saturated carbocycles. The number of nitrogens with zero attached hydrogens (tertiary/aromatic N) is 2. The molecule has 1 fully saturated rings. The molecule has 1 aromatic carbocycles. The molecule has 2 aromatic rings. The Balaban J connectivity index is 1.76. The van der Waals surface area contributed by atoms with Crippen LogP contribution in [0.2, 0.25) is 5.02 Å². The normalized spacial score (nSPS) is 18.9. The second kappa shape index (κ2) is 5.66. The fourth-order valence-corrected chi connectivity index (χ4v) is 2.36. The molecule has 6 heteroatoms. The quantitative estimate of drug-likeness (QED) is 0.857. The summed E-state index contributed by atoms with van der Waals surface area (Å²) in [6.07, 6.45) is 1.89. The summed E-state index contributed by atoms with van der Waals surface area (Å²) in [6, 6.07) is 7.17. The molecule has 1 saturated heterocycles. The van der Waals surface area contributed by atoms with Crippen molar-refractivity contribution in [3.63, 3.8) is 0 Å². The van der Waals surface area contributed by atoms with Gasteiger partial charge in [-0.15, -0.1) is 0 Å². The number of rotatable bonds is 4. The molecule has 0 amide bonds. The summed E-state index contributed by atoms with van der Waals surface area (Å²) in [4.78, 5) is 4.42. The van der Waals surface area contributed by atoms with Crippen molar-refractivity contribution >= 4 is 11.6 Å². The highest BCUT2D eigenvalue weighted by Crippen LogP contribution is 2.31. The minimum Gasteiger partial charge on any atom is -0.478 e. The third-order valence-electron chi connectivity index (χ3n) is 3.36. The molecule has 1 aromatic heterocycles. The topological polar surface area (TPSA) is 57.4 Å². The molecule has 0 N–H and O–H groups in total. The molecule has 3 rings (SSSR count). The van der Waals surface area contributed by atoms with Crippen LogP contribution in [0.15, 0.2) is 28.8 Å². The van der Waals surface area contributed by atoms with Crippen molar-refractivity contribution < 1.29 is 14.0 Å². The summed E-state index contributed by atoms with van der Waals surface area (Å²) in [5.74, 6) is 1.72. The monoisotopic (exact) mass is 308 g/mol. The summed E-state index contributed by atoms with van der Waals surface area (Å²) in [7, 11) is 0. The van der Waals surface area contributed by atoms with Crippen molar-refractivity contribution in [1.82, 2.24) is 10.1 Å². The van der Waals surface area contributed by atoms with Gasteiger partial charge in [0.05, 0.1) is 0 Å². The van der Waals surface area contributed by atoms with Gasteiger partial charge in [-0.2, -0.15) is 4.98 Å². The molecule has 5 nitrogen and oxygen atoms in total. The van der Waals surface area contributed by atoms with Gasteiger partial charge in [0.25, 0.3) is 5.89 Å². The van der Waals surface area contributed by atoms with Gasteiger partial charge < -0.3 is 14.0 Å². The third-order valence-corrected chi connectivity index (χ3v) is 3.61. The van der Waals surface area contributed by atoms with Crippen molar-refractivity contribution in [3.05, 3.63) is 41.0 Å². The van der Waals surface area contributed by atoms with E-state index in [1.165, 1.54) is 0 Å². The molecule has 0 spiro atoms. The standard InChI is InChI=1S/C15H17ClN2O3/c1-15(2,20-11-7-5-10(16)6-8-11)14-17-13(18-21-14)12-4-3-9-19-12/h5-8,12H,3-4,9H2,1-2H3/t12-/m1/s1. The van der Waals surface area contributed by atoms with Gasteiger partial charge in [0.2, 0.25) is 5.82 Å². The van der Waals surface area contributed by atoms with E-state index in [0.29, 0.717) is 22.5 Å².